The number of fused-ring (bicyclic) bond motifs is 1. The Morgan fingerprint density at radius 2 is 1.81 bits per heavy atom. The largest absolute Gasteiger partial charge is 0.481 e. The van der Waals surface area contributed by atoms with Crippen LogP contribution in [0.2, 0.25) is 0 Å². The van der Waals surface area contributed by atoms with E-state index in [4.69, 9.17) is 22.3 Å². The van der Waals surface area contributed by atoms with Crippen LogP contribution in [-0.4, -0.2) is 24.8 Å². The molecule has 0 aliphatic carbocycles. The molecule has 2 aromatic carbocycles. The summed E-state index contributed by atoms with van der Waals surface area (Å²) >= 11 is 0. The third kappa shape index (κ3) is 3.69. The van der Waals surface area contributed by atoms with Gasteiger partial charge in [-0.3, -0.25) is 4.90 Å². The molecule has 0 saturated carbocycles. The van der Waals surface area contributed by atoms with Crippen LogP contribution >= 0.6 is 0 Å². The number of terminal acetylenes is 2. The molecule has 0 bridgehead atoms. The maximum atomic E-state index is 5.81. The third-order valence-corrected chi connectivity index (χ3v) is 4.79. The van der Waals surface area contributed by atoms with Gasteiger partial charge >= 0.3 is 0 Å². The molecule has 0 radical (unpaired) electrons. The summed E-state index contributed by atoms with van der Waals surface area (Å²) in [5.74, 6) is 6.88. The molecule has 0 N–H and O–H groups in total. The Morgan fingerprint density at radius 3 is 2.50 bits per heavy atom. The molecular weight excluding hydrogens is 322 g/mol. The predicted octanol–water partition coefficient (Wildman–Crippen LogP) is 3.81. The zero-order chi connectivity index (χ0) is 18.6. The van der Waals surface area contributed by atoms with Gasteiger partial charge in [0.25, 0.3) is 0 Å². The third-order valence-electron chi connectivity index (χ3n) is 4.79. The van der Waals surface area contributed by atoms with Crippen LogP contribution in [0.1, 0.15) is 30.5 Å². The number of rotatable bonds is 5. The lowest BCUT2D eigenvalue weighted by molar-refractivity contribution is 0.109. The van der Waals surface area contributed by atoms with E-state index in [1.165, 1.54) is 16.7 Å². The lowest BCUT2D eigenvalue weighted by Crippen LogP contribution is -2.32. The van der Waals surface area contributed by atoms with Gasteiger partial charge in [0.1, 0.15) is 24.8 Å². The van der Waals surface area contributed by atoms with Gasteiger partial charge in [0.15, 0.2) is 0 Å². The Hall–Kier alpha value is -2.88. The SMILES string of the molecule is C#CCOc1ccc(C(C)(C)c2ccc3c(c2)CN(CC#C)CO3)cc1. The number of hydrogen-bond acceptors (Lipinski definition) is 3. The molecule has 0 fully saturated rings. The second kappa shape index (κ2) is 7.56. The highest BCUT2D eigenvalue weighted by Gasteiger charge is 2.26. The fourth-order valence-corrected chi connectivity index (χ4v) is 3.17. The normalized spacial score (nSPS) is 13.8. The molecule has 1 heterocycles. The minimum absolute atomic E-state index is 0.145. The molecule has 0 aromatic heterocycles. The summed E-state index contributed by atoms with van der Waals surface area (Å²) in [6.07, 6.45) is 10.7. The molecule has 1 aliphatic heterocycles. The van der Waals surface area contributed by atoms with Crippen LogP contribution in [0.3, 0.4) is 0 Å². The molecule has 0 saturated heterocycles. The van der Waals surface area contributed by atoms with Gasteiger partial charge in [-0.25, -0.2) is 0 Å². The second-order valence-corrected chi connectivity index (χ2v) is 6.93. The molecule has 1 aliphatic rings. The van der Waals surface area contributed by atoms with Crippen LogP contribution in [-0.2, 0) is 12.0 Å². The first-order valence-corrected chi connectivity index (χ1v) is 8.63. The van der Waals surface area contributed by atoms with E-state index in [-0.39, 0.29) is 12.0 Å². The van der Waals surface area contributed by atoms with E-state index in [1.807, 2.05) is 12.1 Å². The molecule has 2 aromatic rings. The Labute approximate surface area is 155 Å². The van der Waals surface area contributed by atoms with E-state index >= 15 is 0 Å². The predicted molar refractivity (Wildman–Crippen MR) is 104 cm³/mol. The van der Waals surface area contributed by atoms with E-state index in [1.54, 1.807) is 0 Å². The van der Waals surface area contributed by atoms with E-state index in [0.717, 1.165) is 18.0 Å². The molecule has 26 heavy (non-hydrogen) atoms. The van der Waals surface area contributed by atoms with Crippen LogP contribution in [0.15, 0.2) is 42.5 Å². The lowest BCUT2D eigenvalue weighted by Gasteiger charge is -2.31. The fraction of sp³-hybridized carbons (Fsp3) is 0.304. The first-order valence-electron chi connectivity index (χ1n) is 8.63. The smallest absolute Gasteiger partial charge is 0.148 e. The monoisotopic (exact) mass is 345 g/mol. The summed E-state index contributed by atoms with van der Waals surface area (Å²) in [5, 5.41) is 0. The second-order valence-electron chi connectivity index (χ2n) is 6.93. The van der Waals surface area contributed by atoms with Crippen molar-refractivity contribution in [2.75, 3.05) is 19.9 Å². The van der Waals surface area contributed by atoms with Gasteiger partial charge in [-0.05, 0) is 35.4 Å². The Bertz CT molecular complexity index is 853. The summed E-state index contributed by atoms with van der Waals surface area (Å²) in [5.41, 5.74) is 3.47. The highest BCUT2D eigenvalue weighted by Crippen LogP contribution is 2.36. The van der Waals surface area contributed by atoms with Crippen molar-refractivity contribution in [3.8, 4) is 36.2 Å². The number of ether oxygens (including phenoxy) is 2. The molecule has 0 atom stereocenters. The van der Waals surface area contributed by atoms with Crippen molar-refractivity contribution in [1.29, 1.82) is 0 Å². The molecule has 132 valence electrons. The van der Waals surface area contributed by atoms with Gasteiger partial charge in [0, 0.05) is 17.5 Å². The lowest BCUT2D eigenvalue weighted by atomic mass is 9.77. The zero-order valence-electron chi connectivity index (χ0n) is 15.3. The Kier molecular flexibility index (Phi) is 5.21. The van der Waals surface area contributed by atoms with Crippen molar-refractivity contribution in [3.63, 3.8) is 0 Å². The highest BCUT2D eigenvalue weighted by molar-refractivity contribution is 5.46. The van der Waals surface area contributed by atoms with Crippen molar-refractivity contribution in [3.05, 3.63) is 59.2 Å². The van der Waals surface area contributed by atoms with Crippen molar-refractivity contribution in [2.45, 2.75) is 25.8 Å². The average molecular weight is 345 g/mol. The van der Waals surface area contributed by atoms with Crippen molar-refractivity contribution in [1.82, 2.24) is 4.90 Å². The van der Waals surface area contributed by atoms with Gasteiger partial charge in [0.2, 0.25) is 0 Å². The van der Waals surface area contributed by atoms with E-state index in [0.29, 0.717) is 13.3 Å². The molecule has 3 nitrogen and oxygen atoms in total. The minimum Gasteiger partial charge on any atom is -0.481 e. The molecular formula is C23H23NO2. The average Bonchev–Trinajstić information content (AvgIpc) is 2.66. The molecule has 0 unspecified atom stereocenters. The van der Waals surface area contributed by atoms with Gasteiger partial charge in [-0.15, -0.1) is 12.8 Å². The standard InChI is InChI=1S/C23H23NO2/c1-5-13-24-16-18-15-20(9-12-22(18)26-17-24)23(3,4)19-7-10-21(11-8-19)25-14-6-2/h1-2,7-12,15H,13-14,16-17H2,3-4H3. The van der Waals surface area contributed by atoms with E-state index < -0.39 is 0 Å². The summed E-state index contributed by atoms with van der Waals surface area (Å²) in [7, 11) is 0. The van der Waals surface area contributed by atoms with E-state index in [9.17, 15) is 0 Å². The van der Waals surface area contributed by atoms with Crippen molar-refractivity contribution < 1.29 is 9.47 Å². The number of nitrogens with zero attached hydrogens (tertiary/aromatic N) is 1. The van der Waals surface area contributed by atoms with Gasteiger partial charge in [0.05, 0.1) is 6.54 Å². The number of benzene rings is 2. The van der Waals surface area contributed by atoms with Gasteiger partial charge in [-0.1, -0.05) is 43.9 Å². The van der Waals surface area contributed by atoms with Crippen LogP contribution < -0.4 is 9.47 Å². The first kappa shape index (κ1) is 17.9. The summed E-state index contributed by atoms with van der Waals surface area (Å²) in [4.78, 5) is 2.11. The van der Waals surface area contributed by atoms with Crippen LogP contribution in [0, 0.1) is 24.7 Å². The Balaban J connectivity index is 1.84. The Morgan fingerprint density at radius 1 is 1.08 bits per heavy atom. The summed E-state index contributed by atoms with van der Waals surface area (Å²) in [6, 6.07) is 14.5. The summed E-state index contributed by atoms with van der Waals surface area (Å²) < 4.78 is 11.3. The van der Waals surface area contributed by atoms with Crippen molar-refractivity contribution in [2.24, 2.45) is 0 Å². The molecule has 3 heteroatoms. The van der Waals surface area contributed by atoms with E-state index in [2.05, 4.69) is 60.9 Å². The quantitative estimate of drug-likeness (QED) is 0.769. The van der Waals surface area contributed by atoms with Crippen LogP contribution in [0.5, 0.6) is 11.5 Å². The maximum absolute atomic E-state index is 5.81. The molecule has 3 rings (SSSR count). The molecule has 0 amide bonds. The van der Waals surface area contributed by atoms with Crippen molar-refractivity contribution >= 4 is 0 Å². The maximum Gasteiger partial charge on any atom is 0.148 e. The highest BCUT2D eigenvalue weighted by atomic mass is 16.5. The topological polar surface area (TPSA) is 21.7 Å². The van der Waals surface area contributed by atoms with Crippen LogP contribution in [0.25, 0.3) is 0 Å². The fourth-order valence-electron chi connectivity index (χ4n) is 3.17. The summed E-state index contributed by atoms with van der Waals surface area (Å²) in [6.45, 7) is 6.65. The van der Waals surface area contributed by atoms with Gasteiger partial charge in [-0.2, -0.15) is 0 Å². The molecule has 0 spiro atoms. The zero-order valence-corrected chi connectivity index (χ0v) is 15.3. The first-order chi connectivity index (χ1) is 12.5. The number of hydrogen-bond donors (Lipinski definition) is 0. The van der Waals surface area contributed by atoms with Gasteiger partial charge < -0.3 is 9.47 Å². The van der Waals surface area contributed by atoms with Crippen LogP contribution in [0.4, 0.5) is 0 Å². The minimum atomic E-state index is -0.145.